The molecule has 0 radical (unpaired) electrons. The molecule has 1 aromatic carbocycles. The number of hydrogen-bond acceptors (Lipinski definition) is 3. The predicted octanol–water partition coefficient (Wildman–Crippen LogP) is 1.18. The van der Waals surface area contributed by atoms with Gasteiger partial charge in [0.2, 0.25) is 10.0 Å². The minimum absolute atomic E-state index is 0.0624. The van der Waals surface area contributed by atoms with Crippen LogP contribution in [0.15, 0.2) is 41.3 Å². The van der Waals surface area contributed by atoms with Gasteiger partial charge in [0.15, 0.2) is 0 Å². The first-order chi connectivity index (χ1) is 11.3. The normalized spacial score (nSPS) is 11.0. The van der Waals surface area contributed by atoms with Gasteiger partial charge in [0, 0.05) is 24.0 Å². The first-order valence-electron chi connectivity index (χ1n) is 7.28. The number of nitrogens with one attached hydrogen (secondary N) is 2. The van der Waals surface area contributed by atoms with E-state index in [-0.39, 0.29) is 17.3 Å². The number of carbonyl (C=O) groups is 1. The third-order valence-electron chi connectivity index (χ3n) is 3.70. The number of aromatic nitrogens is 1. The van der Waals surface area contributed by atoms with Gasteiger partial charge in [-0.2, -0.15) is 4.72 Å². The standard InChI is InChI=1S/C17H19N3O3S/c1-4-11-19-24(22,23)16-9-6-14(7-10-16)17(21)18-12-15-8-5-13(2)20(15)3/h1,5-10,19H,11-12H2,2-3H3,(H,18,21). The first kappa shape index (κ1) is 17.8. The number of hydrogen-bond donors (Lipinski definition) is 2. The molecule has 0 aliphatic rings. The van der Waals surface area contributed by atoms with Crippen LogP contribution in [0.4, 0.5) is 0 Å². The molecule has 0 fully saturated rings. The Bertz CT molecular complexity index is 875. The highest BCUT2D eigenvalue weighted by Gasteiger charge is 2.14. The molecule has 2 rings (SSSR count). The molecule has 7 heteroatoms. The molecule has 6 nitrogen and oxygen atoms in total. The van der Waals surface area contributed by atoms with E-state index in [9.17, 15) is 13.2 Å². The predicted molar refractivity (Wildman–Crippen MR) is 91.8 cm³/mol. The second-order valence-corrected chi connectivity index (χ2v) is 7.03. The van der Waals surface area contributed by atoms with Crippen molar-refractivity contribution in [1.29, 1.82) is 0 Å². The third-order valence-corrected chi connectivity index (χ3v) is 5.12. The highest BCUT2D eigenvalue weighted by Crippen LogP contribution is 2.11. The van der Waals surface area contributed by atoms with Crippen LogP contribution in [0.25, 0.3) is 0 Å². The van der Waals surface area contributed by atoms with Crippen LogP contribution in [0.5, 0.6) is 0 Å². The summed E-state index contributed by atoms with van der Waals surface area (Å²) >= 11 is 0. The van der Waals surface area contributed by atoms with Crippen LogP contribution in [0.1, 0.15) is 21.7 Å². The lowest BCUT2D eigenvalue weighted by Gasteiger charge is -2.08. The fraction of sp³-hybridized carbons (Fsp3) is 0.235. The molecule has 0 aliphatic heterocycles. The first-order valence-corrected chi connectivity index (χ1v) is 8.76. The molecule has 0 aliphatic carbocycles. The van der Waals surface area contributed by atoms with Crippen LogP contribution in [0, 0.1) is 19.3 Å². The van der Waals surface area contributed by atoms with Crippen molar-refractivity contribution >= 4 is 15.9 Å². The van der Waals surface area contributed by atoms with Crippen molar-refractivity contribution in [2.75, 3.05) is 6.54 Å². The van der Waals surface area contributed by atoms with Gasteiger partial charge >= 0.3 is 0 Å². The Kier molecular flexibility index (Phi) is 5.44. The lowest BCUT2D eigenvalue weighted by molar-refractivity contribution is 0.0950. The fourth-order valence-electron chi connectivity index (χ4n) is 2.12. The molecule has 0 atom stereocenters. The maximum Gasteiger partial charge on any atom is 0.251 e. The van der Waals surface area contributed by atoms with E-state index in [1.54, 1.807) is 0 Å². The Morgan fingerprint density at radius 2 is 1.88 bits per heavy atom. The van der Waals surface area contributed by atoms with Gasteiger partial charge < -0.3 is 9.88 Å². The summed E-state index contributed by atoms with van der Waals surface area (Å²) in [6, 6.07) is 9.61. The molecule has 2 N–H and O–H groups in total. The maximum atomic E-state index is 12.2. The van der Waals surface area contributed by atoms with Gasteiger partial charge in [-0.15, -0.1) is 6.42 Å². The quantitative estimate of drug-likeness (QED) is 0.772. The number of carbonyl (C=O) groups excluding carboxylic acids is 1. The molecule has 0 saturated carbocycles. The zero-order chi connectivity index (χ0) is 17.7. The van der Waals surface area contributed by atoms with Crippen molar-refractivity contribution in [2.45, 2.75) is 18.4 Å². The Balaban J connectivity index is 2.04. The molecular weight excluding hydrogens is 326 g/mol. The minimum atomic E-state index is -3.65. The Morgan fingerprint density at radius 3 is 2.42 bits per heavy atom. The summed E-state index contributed by atoms with van der Waals surface area (Å²) in [5.74, 6) is 1.94. The molecule has 0 spiro atoms. The number of terminal acetylenes is 1. The topological polar surface area (TPSA) is 80.2 Å². The maximum absolute atomic E-state index is 12.2. The third kappa shape index (κ3) is 4.04. The van der Waals surface area contributed by atoms with Crippen molar-refractivity contribution in [3.63, 3.8) is 0 Å². The smallest absolute Gasteiger partial charge is 0.251 e. The second-order valence-electron chi connectivity index (χ2n) is 5.26. The molecule has 0 bridgehead atoms. The van der Waals surface area contributed by atoms with Crippen LogP contribution >= 0.6 is 0 Å². The molecule has 24 heavy (non-hydrogen) atoms. The van der Waals surface area contributed by atoms with Crippen molar-refractivity contribution in [1.82, 2.24) is 14.6 Å². The van der Waals surface area contributed by atoms with E-state index >= 15 is 0 Å². The van der Waals surface area contributed by atoms with Gasteiger partial charge in [0.25, 0.3) is 5.91 Å². The highest BCUT2D eigenvalue weighted by atomic mass is 32.2. The fourth-order valence-corrected chi connectivity index (χ4v) is 3.06. The summed E-state index contributed by atoms with van der Waals surface area (Å²) in [5, 5.41) is 2.81. The van der Waals surface area contributed by atoms with E-state index in [2.05, 4.69) is 16.0 Å². The zero-order valence-electron chi connectivity index (χ0n) is 13.5. The van der Waals surface area contributed by atoms with Crippen LogP contribution in [0.2, 0.25) is 0 Å². The molecule has 0 saturated heterocycles. The lowest BCUT2D eigenvalue weighted by Crippen LogP contribution is -2.25. The summed E-state index contributed by atoms with van der Waals surface area (Å²) < 4.78 is 28.1. The summed E-state index contributed by atoms with van der Waals surface area (Å²) in [4.78, 5) is 12.2. The SMILES string of the molecule is C#CCNS(=O)(=O)c1ccc(C(=O)NCc2ccc(C)n2C)cc1. The average Bonchev–Trinajstić information content (AvgIpc) is 2.90. The van der Waals surface area contributed by atoms with Crippen molar-refractivity contribution in [2.24, 2.45) is 7.05 Å². The van der Waals surface area contributed by atoms with Crippen LogP contribution < -0.4 is 10.0 Å². The van der Waals surface area contributed by atoms with Gasteiger partial charge in [-0.25, -0.2) is 8.42 Å². The number of rotatable bonds is 6. The van der Waals surface area contributed by atoms with Gasteiger partial charge in [0.05, 0.1) is 18.0 Å². The van der Waals surface area contributed by atoms with Gasteiger partial charge in [-0.1, -0.05) is 5.92 Å². The number of nitrogens with zero attached hydrogens (tertiary/aromatic N) is 1. The summed E-state index contributed by atoms with van der Waals surface area (Å²) in [6.07, 6.45) is 5.04. The number of aryl methyl sites for hydroxylation is 1. The van der Waals surface area contributed by atoms with Crippen molar-refractivity contribution < 1.29 is 13.2 Å². The summed E-state index contributed by atoms with van der Waals surface area (Å²) in [5.41, 5.74) is 2.48. The zero-order valence-corrected chi connectivity index (χ0v) is 14.4. The van der Waals surface area contributed by atoms with Crippen molar-refractivity contribution in [3.8, 4) is 12.3 Å². The van der Waals surface area contributed by atoms with Gasteiger partial charge in [-0.3, -0.25) is 4.79 Å². The molecule has 2 aromatic rings. The lowest BCUT2D eigenvalue weighted by atomic mass is 10.2. The molecule has 1 amide bonds. The van der Waals surface area contributed by atoms with E-state index in [1.165, 1.54) is 24.3 Å². The summed E-state index contributed by atoms with van der Waals surface area (Å²) in [6.45, 7) is 2.30. The molecule has 1 aromatic heterocycles. The van der Waals surface area contributed by atoms with Crippen LogP contribution in [-0.4, -0.2) is 25.4 Å². The second kappa shape index (κ2) is 7.34. The average molecular weight is 345 g/mol. The minimum Gasteiger partial charge on any atom is -0.350 e. The molecular formula is C17H19N3O3S. The molecule has 0 unspecified atom stereocenters. The Labute approximate surface area is 141 Å². The van der Waals surface area contributed by atoms with E-state index < -0.39 is 10.0 Å². The molecule has 1 heterocycles. The Morgan fingerprint density at radius 1 is 1.21 bits per heavy atom. The Hall–Kier alpha value is -2.56. The van der Waals surface area contributed by atoms with Crippen LogP contribution in [-0.2, 0) is 23.6 Å². The highest BCUT2D eigenvalue weighted by molar-refractivity contribution is 7.89. The van der Waals surface area contributed by atoms with E-state index in [0.29, 0.717) is 12.1 Å². The van der Waals surface area contributed by atoms with Crippen LogP contribution in [0.3, 0.4) is 0 Å². The number of benzene rings is 1. The molecule has 126 valence electrons. The van der Waals surface area contributed by atoms with E-state index in [4.69, 9.17) is 6.42 Å². The monoisotopic (exact) mass is 345 g/mol. The van der Waals surface area contributed by atoms with E-state index in [0.717, 1.165) is 11.4 Å². The van der Waals surface area contributed by atoms with E-state index in [1.807, 2.05) is 30.7 Å². The summed E-state index contributed by atoms with van der Waals surface area (Å²) in [7, 11) is -1.72. The van der Waals surface area contributed by atoms with Gasteiger partial charge in [-0.05, 0) is 43.3 Å². The largest absolute Gasteiger partial charge is 0.350 e. The number of sulfonamides is 1. The van der Waals surface area contributed by atoms with Gasteiger partial charge in [0.1, 0.15) is 0 Å². The number of amides is 1. The van der Waals surface area contributed by atoms with Crippen molar-refractivity contribution in [3.05, 3.63) is 53.3 Å².